The van der Waals surface area contributed by atoms with Crippen LogP contribution in [-0.2, 0) is 13.1 Å². The molecule has 0 fully saturated rings. The van der Waals surface area contributed by atoms with E-state index in [1.807, 2.05) is 61.0 Å². The summed E-state index contributed by atoms with van der Waals surface area (Å²) in [5.41, 5.74) is 6.02. The van der Waals surface area contributed by atoms with Crippen LogP contribution in [0.2, 0.25) is 0 Å². The zero-order chi connectivity index (χ0) is 22.3. The monoisotopic (exact) mass is 428 g/mol. The van der Waals surface area contributed by atoms with Gasteiger partial charge in [0.05, 0.1) is 30.2 Å². The number of aryl methyl sites for hydroxylation is 2. The molecule has 7 heteroatoms. The molecule has 0 spiro atoms. The minimum atomic E-state index is 0.515. The predicted molar refractivity (Wildman–Crippen MR) is 127 cm³/mol. The van der Waals surface area contributed by atoms with Gasteiger partial charge in [0, 0.05) is 17.8 Å². The molecule has 32 heavy (non-hydrogen) atoms. The summed E-state index contributed by atoms with van der Waals surface area (Å²) < 4.78 is 7.60. The van der Waals surface area contributed by atoms with Gasteiger partial charge in [0.1, 0.15) is 6.26 Å². The first-order chi connectivity index (χ1) is 15.6. The highest BCUT2D eigenvalue weighted by atomic mass is 16.3. The lowest BCUT2D eigenvalue weighted by Gasteiger charge is -2.12. The van der Waals surface area contributed by atoms with E-state index in [9.17, 15) is 0 Å². The third-order valence-electron chi connectivity index (χ3n) is 4.99. The maximum atomic E-state index is 5.63. The van der Waals surface area contributed by atoms with Gasteiger partial charge >= 0.3 is 0 Å². The van der Waals surface area contributed by atoms with E-state index in [1.54, 1.807) is 6.26 Å². The zero-order valence-electron chi connectivity index (χ0n) is 18.7. The van der Waals surface area contributed by atoms with E-state index in [0.717, 1.165) is 46.4 Å². The predicted octanol–water partition coefficient (Wildman–Crippen LogP) is 4.40. The molecule has 0 amide bonds. The Kier molecular flexibility index (Phi) is 6.65. The van der Waals surface area contributed by atoms with E-state index in [1.165, 1.54) is 0 Å². The number of oxazole rings is 1. The topological polar surface area (TPSA) is 80.3 Å². The quantitative estimate of drug-likeness (QED) is 0.337. The van der Waals surface area contributed by atoms with E-state index < -0.39 is 0 Å². The Labute approximate surface area is 188 Å². The smallest absolute Gasteiger partial charge is 0.226 e. The SMILES string of the molecule is CCNC(=NCc1ccccc1-n1nc(C)cc1C)NCc1coc(-c2ccccc2)n1. The highest BCUT2D eigenvalue weighted by Gasteiger charge is 2.10. The molecule has 2 aromatic carbocycles. The number of rotatable bonds is 7. The van der Waals surface area contributed by atoms with Crippen LogP contribution in [0, 0.1) is 13.8 Å². The number of para-hydroxylation sites is 1. The third-order valence-corrected chi connectivity index (χ3v) is 4.99. The van der Waals surface area contributed by atoms with Crippen molar-refractivity contribution < 1.29 is 4.42 Å². The third kappa shape index (κ3) is 5.06. The minimum absolute atomic E-state index is 0.515. The molecule has 0 bridgehead atoms. The van der Waals surface area contributed by atoms with Crippen LogP contribution < -0.4 is 10.6 Å². The first-order valence-corrected chi connectivity index (χ1v) is 10.8. The van der Waals surface area contributed by atoms with Gasteiger partial charge in [0.15, 0.2) is 5.96 Å². The number of nitrogens with one attached hydrogen (secondary N) is 2. The van der Waals surface area contributed by atoms with Crippen LogP contribution in [0.15, 0.2) is 76.3 Å². The Balaban J connectivity index is 1.47. The van der Waals surface area contributed by atoms with Gasteiger partial charge in [-0.25, -0.2) is 14.7 Å². The lowest BCUT2D eigenvalue weighted by Crippen LogP contribution is -2.36. The van der Waals surface area contributed by atoms with Gasteiger partial charge in [-0.1, -0.05) is 36.4 Å². The Morgan fingerprint density at radius 1 is 1.03 bits per heavy atom. The van der Waals surface area contributed by atoms with Crippen molar-refractivity contribution in [2.75, 3.05) is 6.54 Å². The fraction of sp³-hybridized carbons (Fsp3) is 0.240. The van der Waals surface area contributed by atoms with Crippen LogP contribution in [0.25, 0.3) is 17.1 Å². The molecular formula is C25H28N6O. The maximum Gasteiger partial charge on any atom is 0.226 e. The highest BCUT2D eigenvalue weighted by Crippen LogP contribution is 2.19. The Hall–Kier alpha value is -3.87. The first-order valence-electron chi connectivity index (χ1n) is 10.8. The number of guanidine groups is 1. The van der Waals surface area contributed by atoms with Crippen molar-refractivity contribution in [3.63, 3.8) is 0 Å². The van der Waals surface area contributed by atoms with Crippen molar-refractivity contribution in [3.8, 4) is 17.1 Å². The molecule has 0 atom stereocenters. The van der Waals surface area contributed by atoms with Gasteiger partial charge < -0.3 is 15.1 Å². The normalized spacial score (nSPS) is 11.5. The molecule has 0 unspecified atom stereocenters. The molecule has 4 rings (SSSR count). The molecule has 0 aliphatic rings. The van der Waals surface area contributed by atoms with Gasteiger partial charge in [-0.05, 0) is 50.6 Å². The average Bonchev–Trinajstić information content (AvgIpc) is 3.42. The Morgan fingerprint density at radius 2 is 1.81 bits per heavy atom. The molecule has 2 heterocycles. The molecule has 0 saturated heterocycles. The van der Waals surface area contributed by atoms with E-state index in [4.69, 9.17) is 9.41 Å². The van der Waals surface area contributed by atoms with Gasteiger partial charge in [0.2, 0.25) is 5.89 Å². The lowest BCUT2D eigenvalue weighted by molar-refractivity contribution is 0.572. The number of hydrogen-bond acceptors (Lipinski definition) is 4. The van der Waals surface area contributed by atoms with Gasteiger partial charge in [-0.15, -0.1) is 0 Å². The van der Waals surface area contributed by atoms with Crippen LogP contribution in [0.4, 0.5) is 0 Å². The minimum Gasteiger partial charge on any atom is -0.444 e. The lowest BCUT2D eigenvalue weighted by atomic mass is 10.2. The van der Waals surface area contributed by atoms with Gasteiger partial charge in [0.25, 0.3) is 0 Å². The van der Waals surface area contributed by atoms with E-state index in [2.05, 4.69) is 45.8 Å². The first kappa shape index (κ1) is 21.4. The molecule has 7 nitrogen and oxygen atoms in total. The van der Waals surface area contributed by atoms with Crippen molar-refractivity contribution in [1.29, 1.82) is 0 Å². The Morgan fingerprint density at radius 3 is 2.56 bits per heavy atom. The average molecular weight is 429 g/mol. The second-order valence-electron chi connectivity index (χ2n) is 7.53. The molecule has 2 aromatic heterocycles. The van der Waals surface area contributed by atoms with Crippen LogP contribution in [0.3, 0.4) is 0 Å². The molecule has 0 aliphatic heterocycles. The molecule has 164 valence electrons. The molecule has 0 aliphatic carbocycles. The standard InChI is InChI=1S/C25H28N6O/c1-4-26-25(28-16-22-17-32-24(29-22)20-10-6-5-7-11-20)27-15-21-12-8-9-13-23(21)31-19(3)14-18(2)30-31/h5-14,17H,4,15-16H2,1-3H3,(H2,26,27,28). The van der Waals surface area contributed by atoms with Crippen LogP contribution >= 0.6 is 0 Å². The number of aromatic nitrogens is 3. The Bertz CT molecular complexity index is 1190. The number of nitrogens with zero attached hydrogens (tertiary/aromatic N) is 4. The van der Waals surface area contributed by atoms with Crippen LogP contribution in [0.1, 0.15) is 29.6 Å². The van der Waals surface area contributed by atoms with Crippen molar-refractivity contribution in [3.05, 3.63) is 89.6 Å². The molecule has 2 N–H and O–H groups in total. The number of hydrogen-bond donors (Lipinski definition) is 2. The van der Waals surface area contributed by atoms with Gasteiger partial charge in [-0.3, -0.25) is 0 Å². The summed E-state index contributed by atoms with van der Waals surface area (Å²) in [7, 11) is 0. The van der Waals surface area contributed by atoms with Crippen molar-refractivity contribution in [1.82, 2.24) is 25.4 Å². The van der Waals surface area contributed by atoms with E-state index in [0.29, 0.717) is 19.0 Å². The summed E-state index contributed by atoms with van der Waals surface area (Å²) >= 11 is 0. The summed E-state index contributed by atoms with van der Waals surface area (Å²) in [5.74, 6) is 1.34. The maximum absolute atomic E-state index is 5.63. The molecule has 0 radical (unpaired) electrons. The fourth-order valence-corrected chi connectivity index (χ4v) is 3.51. The molecular weight excluding hydrogens is 400 g/mol. The zero-order valence-corrected chi connectivity index (χ0v) is 18.7. The summed E-state index contributed by atoms with van der Waals surface area (Å²) in [6.07, 6.45) is 1.68. The van der Waals surface area contributed by atoms with E-state index >= 15 is 0 Å². The van der Waals surface area contributed by atoms with Crippen molar-refractivity contribution in [2.45, 2.75) is 33.9 Å². The van der Waals surface area contributed by atoms with Crippen molar-refractivity contribution in [2.24, 2.45) is 4.99 Å². The molecule has 0 saturated carbocycles. The number of benzene rings is 2. The van der Waals surface area contributed by atoms with Crippen LogP contribution in [0.5, 0.6) is 0 Å². The van der Waals surface area contributed by atoms with Gasteiger partial charge in [-0.2, -0.15) is 5.10 Å². The number of aliphatic imine (C=N–C) groups is 1. The van der Waals surface area contributed by atoms with Crippen molar-refractivity contribution >= 4 is 5.96 Å². The van der Waals surface area contributed by atoms with E-state index in [-0.39, 0.29) is 0 Å². The summed E-state index contributed by atoms with van der Waals surface area (Å²) in [5, 5.41) is 11.3. The highest BCUT2D eigenvalue weighted by molar-refractivity contribution is 5.79. The summed E-state index contributed by atoms with van der Waals surface area (Å²) in [4.78, 5) is 9.35. The summed E-state index contributed by atoms with van der Waals surface area (Å²) in [6.45, 7) is 7.92. The second kappa shape index (κ2) is 9.96. The fourth-order valence-electron chi connectivity index (χ4n) is 3.51. The largest absolute Gasteiger partial charge is 0.444 e. The molecule has 4 aromatic rings. The van der Waals surface area contributed by atoms with Crippen LogP contribution in [-0.4, -0.2) is 27.3 Å². The second-order valence-corrected chi connectivity index (χ2v) is 7.53. The summed E-state index contributed by atoms with van der Waals surface area (Å²) in [6, 6.07) is 20.2.